The van der Waals surface area contributed by atoms with E-state index in [1.165, 1.54) is 0 Å². The molecule has 4 N–H and O–H groups in total. The maximum absolute atomic E-state index is 12.6. The van der Waals surface area contributed by atoms with Gasteiger partial charge in [0.25, 0.3) is 5.91 Å². The second-order valence-corrected chi connectivity index (χ2v) is 7.45. The molecule has 0 fully saturated rings. The van der Waals surface area contributed by atoms with Gasteiger partial charge in [-0.15, -0.1) is 0 Å². The van der Waals surface area contributed by atoms with Crippen molar-refractivity contribution < 1.29 is 9.59 Å². The summed E-state index contributed by atoms with van der Waals surface area (Å²) in [6, 6.07) is 6.79. The molecule has 0 bridgehead atoms. The number of thioether (sulfide) groups is 1. The minimum atomic E-state index is -0.557. The molecule has 140 valence electrons. The first-order chi connectivity index (χ1) is 11.8. The molecule has 0 heterocycles. The summed E-state index contributed by atoms with van der Waals surface area (Å²) in [7, 11) is 0. The van der Waals surface area contributed by atoms with Crippen LogP contribution in [0.4, 0.5) is 0 Å². The Morgan fingerprint density at radius 3 is 2.52 bits per heavy atom. The monoisotopic (exact) mass is 365 g/mol. The molecule has 5 nitrogen and oxygen atoms in total. The lowest BCUT2D eigenvalue weighted by atomic mass is 9.94. The Hall–Kier alpha value is -1.53. The zero-order chi connectivity index (χ0) is 18.9. The van der Waals surface area contributed by atoms with Crippen LogP contribution in [0.15, 0.2) is 24.3 Å². The smallest absolute Gasteiger partial charge is 0.251 e. The van der Waals surface area contributed by atoms with E-state index in [-0.39, 0.29) is 11.8 Å². The van der Waals surface area contributed by atoms with Gasteiger partial charge in [0.1, 0.15) is 6.04 Å². The van der Waals surface area contributed by atoms with Crippen LogP contribution in [0.5, 0.6) is 0 Å². The molecule has 0 spiro atoms. The lowest BCUT2D eigenvalue weighted by molar-refractivity contribution is -0.123. The first-order valence-electron chi connectivity index (χ1n) is 8.78. The van der Waals surface area contributed by atoms with E-state index in [2.05, 4.69) is 10.6 Å². The molecule has 0 saturated heterocycles. The fourth-order valence-electron chi connectivity index (χ4n) is 2.42. The maximum atomic E-state index is 12.6. The number of aryl methyl sites for hydroxylation is 1. The molecule has 6 heteroatoms. The highest BCUT2D eigenvalue weighted by molar-refractivity contribution is 7.98. The van der Waals surface area contributed by atoms with Crippen LogP contribution in [0.25, 0.3) is 0 Å². The number of rotatable bonds is 10. The summed E-state index contributed by atoms with van der Waals surface area (Å²) in [6.07, 6.45) is 4.14. The number of carbonyl (C=O) groups excluding carboxylic acids is 2. The summed E-state index contributed by atoms with van der Waals surface area (Å²) in [5, 5.41) is 5.78. The van der Waals surface area contributed by atoms with Crippen molar-refractivity contribution in [1.82, 2.24) is 10.6 Å². The van der Waals surface area contributed by atoms with E-state index in [0.717, 1.165) is 24.2 Å². The Bertz CT molecular complexity index is 574. The van der Waals surface area contributed by atoms with Gasteiger partial charge in [0.05, 0.1) is 0 Å². The molecule has 0 aromatic heterocycles. The van der Waals surface area contributed by atoms with E-state index >= 15 is 0 Å². The van der Waals surface area contributed by atoms with Gasteiger partial charge in [0.15, 0.2) is 0 Å². The molecule has 1 unspecified atom stereocenters. The van der Waals surface area contributed by atoms with E-state index in [1.54, 1.807) is 17.8 Å². The third-order valence-corrected chi connectivity index (χ3v) is 5.18. The van der Waals surface area contributed by atoms with Crippen LogP contribution in [0.2, 0.25) is 0 Å². The number of nitrogens with two attached hydrogens (primary N) is 1. The normalized spacial score (nSPS) is 12.5. The SMILES string of the molecule is CCC(N)(CC)CNC(=O)C(CCSC)NC(=O)c1cccc(C)c1. The van der Waals surface area contributed by atoms with Gasteiger partial charge in [-0.2, -0.15) is 11.8 Å². The van der Waals surface area contributed by atoms with Crippen molar-refractivity contribution in [3.05, 3.63) is 35.4 Å². The minimum Gasteiger partial charge on any atom is -0.352 e. The average Bonchev–Trinajstić information content (AvgIpc) is 2.62. The fraction of sp³-hybridized carbons (Fsp3) is 0.579. The van der Waals surface area contributed by atoms with Crippen LogP contribution in [0.1, 0.15) is 49.0 Å². The van der Waals surface area contributed by atoms with Crippen molar-refractivity contribution in [2.24, 2.45) is 5.73 Å². The zero-order valence-electron chi connectivity index (χ0n) is 15.7. The van der Waals surface area contributed by atoms with Crippen LogP contribution < -0.4 is 16.4 Å². The number of amides is 2. The maximum Gasteiger partial charge on any atom is 0.251 e. The Labute approximate surface area is 155 Å². The highest BCUT2D eigenvalue weighted by Gasteiger charge is 2.25. The van der Waals surface area contributed by atoms with Crippen LogP contribution in [0, 0.1) is 6.92 Å². The first kappa shape index (κ1) is 21.5. The lowest BCUT2D eigenvalue weighted by Crippen LogP contribution is -2.54. The number of hydrogen-bond donors (Lipinski definition) is 3. The van der Waals surface area contributed by atoms with Gasteiger partial charge < -0.3 is 16.4 Å². The van der Waals surface area contributed by atoms with Crippen molar-refractivity contribution in [3.63, 3.8) is 0 Å². The van der Waals surface area contributed by atoms with Crippen molar-refractivity contribution in [1.29, 1.82) is 0 Å². The molecule has 25 heavy (non-hydrogen) atoms. The van der Waals surface area contributed by atoms with Gasteiger partial charge in [-0.05, 0) is 50.3 Å². The standard InChI is InChI=1S/C19H31N3O2S/c1-5-19(20,6-2)13-21-18(24)16(10-11-25-4)22-17(23)15-9-7-8-14(3)12-15/h7-9,12,16H,5-6,10-11,13,20H2,1-4H3,(H,21,24)(H,22,23). The molecule has 1 rings (SSSR count). The van der Waals surface area contributed by atoms with Crippen molar-refractivity contribution >= 4 is 23.6 Å². The second kappa shape index (κ2) is 10.5. The summed E-state index contributed by atoms with van der Waals surface area (Å²) in [5.74, 6) is 0.392. The van der Waals surface area contributed by atoms with Gasteiger partial charge in [-0.1, -0.05) is 31.5 Å². The average molecular weight is 366 g/mol. The molecular formula is C19H31N3O2S. The summed E-state index contributed by atoms with van der Waals surface area (Å²) >= 11 is 1.65. The van der Waals surface area contributed by atoms with Crippen LogP contribution in [0.3, 0.4) is 0 Å². The summed E-state index contributed by atoms with van der Waals surface area (Å²) in [6.45, 7) is 6.38. The van der Waals surface area contributed by atoms with Gasteiger partial charge >= 0.3 is 0 Å². The Balaban J connectivity index is 2.75. The lowest BCUT2D eigenvalue weighted by Gasteiger charge is -2.28. The summed E-state index contributed by atoms with van der Waals surface area (Å²) < 4.78 is 0. The fourth-order valence-corrected chi connectivity index (χ4v) is 2.89. The highest BCUT2D eigenvalue weighted by Crippen LogP contribution is 2.10. The molecule has 0 aliphatic heterocycles. The van der Waals surface area contributed by atoms with Gasteiger partial charge in [0.2, 0.25) is 5.91 Å². The van der Waals surface area contributed by atoms with E-state index in [9.17, 15) is 9.59 Å². The molecule has 0 aliphatic carbocycles. The first-order valence-corrected chi connectivity index (χ1v) is 10.2. The molecular weight excluding hydrogens is 334 g/mol. The molecule has 1 aromatic carbocycles. The Morgan fingerprint density at radius 1 is 1.28 bits per heavy atom. The Morgan fingerprint density at radius 2 is 1.96 bits per heavy atom. The summed E-state index contributed by atoms with van der Waals surface area (Å²) in [4.78, 5) is 25.0. The molecule has 1 aromatic rings. The van der Waals surface area contributed by atoms with E-state index < -0.39 is 11.6 Å². The second-order valence-electron chi connectivity index (χ2n) is 6.46. The van der Waals surface area contributed by atoms with Crippen LogP contribution in [-0.2, 0) is 4.79 Å². The zero-order valence-corrected chi connectivity index (χ0v) is 16.5. The number of nitrogens with one attached hydrogen (secondary N) is 2. The highest BCUT2D eigenvalue weighted by atomic mass is 32.2. The predicted octanol–water partition coefficient (Wildman–Crippen LogP) is 2.48. The topological polar surface area (TPSA) is 84.2 Å². The minimum absolute atomic E-state index is 0.174. The number of carbonyl (C=O) groups is 2. The Kier molecular flexibility index (Phi) is 9.00. The van der Waals surface area contributed by atoms with Crippen molar-refractivity contribution in [3.8, 4) is 0 Å². The van der Waals surface area contributed by atoms with E-state index in [0.29, 0.717) is 18.5 Å². The molecule has 2 amide bonds. The predicted molar refractivity (Wildman–Crippen MR) is 106 cm³/mol. The quantitative estimate of drug-likeness (QED) is 0.595. The largest absolute Gasteiger partial charge is 0.352 e. The van der Waals surface area contributed by atoms with Gasteiger partial charge in [0, 0.05) is 17.6 Å². The summed E-state index contributed by atoms with van der Waals surface area (Å²) in [5.41, 5.74) is 7.42. The van der Waals surface area contributed by atoms with Gasteiger partial charge in [-0.3, -0.25) is 9.59 Å². The van der Waals surface area contributed by atoms with Gasteiger partial charge in [-0.25, -0.2) is 0 Å². The molecule has 0 aliphatic rings. The van der Waals surface area contributed by atoms with Crippen LogP contribution >= 0.6 is 11.8 Å². The molecule has 0 saturated carbocycles. The molecule has 1 atom stereocenters. The number of hydrogen-bond acceptors (Lipinski definition) is 4. The number of benzene rings is 1. The van der Waals surface area contributed by atoms with Crippen LogP contribution in [-0.4, -0.2) is 41.9 Å². The van der Waals surface area contributed by atoms with E-state index in [4.69, 9.17) is 5.73 Å². The molecule has 0 radical (unpaired) electrons. The third-order valence-electron chi connectivity index (χ3n) is 4.54. The van der Waals surface area contributed by atoms with Crippen molar-refractivity contribution in [2.45, 2.75) is 51.6 Å². The van der Waals surface area contributed by atoms with E-state index in [1.807, 2.05) is 45.2 Å². The van der Waals surface area contributed by atoms with Crippen molar-refractivity contribution in [2.75, 3.05) is 18.6 Å². The third kappa shape index (κ3) is 7.08.